The molecule has 2 aromatic rings. The van der Waals surface area contributed by atoms with E-state index >= 15 is 0 Å². The fraction of sp³-hybridized carbons (Fsp3) is 0.471. The van der Waals surface area contributed by atoms with E-state index < -0.39 is 10.0 Å². The van der Waals surface area contributed by atoms with Crippen molar-refractivity contribution in [2.75, 3.05) is 20.8 Å². The van der Waals surface area contributed by atoms with Crippen LogP contribution in [0.5, 0.6) is 11.5 Å². The zero-order valence-electron chi connectivity index (χ0n) is 15.3. The molecule has 0 radical (unpaired) electrons. The molecule has 0 aliphatic carbocycles. The Bertz CT molecular complexity index is 844. The molecule has 25 heavy (non-hydrogen) atoms. The highest BCUT2D eigenvalue weighted by Gasteiger charge is 2.18. The molecule has 0 aliphatic heterocycles. The average molecular weight is 367 g/mol. The molecule has 1 N–H and O–H groups in total. The van der Waals surface area contributed by atoms with Crippen LogP contribution in [0.2, 0.25) is 0 Å². The van der Waals surface area contributed by atoms with E-state index in [-0.39, 0.29) is 4.90 Å². The molecule has 0 spiro atoms. The molecule has 7 nitrogen and oxygen atoms in total. The molecule has 1 aromatic heterocycles. The Morgan fingerprint density at radius 1 is 1.16 bits per heavy atom. The number of sulfonamides is 1. The Kier molecular flexibility index (Phi) is 6.07. The lowest BCUT2D eigenvalue weighted by atomic mass is 10.1. The summed E-state index contributed by atoms with van der Waals surface area (Å²) in [6.07, 6.45) is 0.587. The van der Waals surface area contributed by atoms with Gasteiger partial charge < -0.3 is 9.47 Å². The molecule has 138 valence electrons. The summed E-state index contributed by atoms with van der Waals surface area (Å²) in [4.78, 5) is 0.142. The van der Waals surface area contributed by atoms with Gasteiger partial charge in [-0.2, -0.15) is 5.10 Å². The maximum absolute atomic E-state index is 12.5. The first-order valence-corrected chi connectivity index (χ1v) is 9.57. The number of benzene rings is 1. The van der Waals surface area contributed by atoms with Crippen molar-refractivity contribution in [1.82, 2.24) is 14.5 Å². The van der Waals surface area contributed by atoms with E-state index in [1.807, 2.05) is 25.5 Å². The first-order valence-electron chi connectivity index (χ1n) is 8.08. The minimum atomic E-state index is -3.63. The van der Waals surface area contributed by atoms with Gasteiger partial charge in [-0.05, 0) is 44.9 Å². The number of aromatic nitrogens is 2. The summed E-state index contributed by atoms with van der Waals surface area (Å²) >= 11 is 0. The molecule has 1 aromatic carbocycles. The molecule has 8 heteroatoms. The van der Waals surface area contributed by atoms with E-state index in [1.165, 1.54) is 26.4 Å². The number of aryl methyl sites for hydroxylation is 2. The second-order valence-electron chi connectivity index (χ2n) is 5.63. The molecule has 1 heterocycles. The van der Waals surface area contributed by atoms with Crippen LogP contribution in [0.4, 0.5) is 0 Å². The molecule has 0 atom stereocenters. The number of nitrogens with one attached hydrogen (secondary N) is 1. The largest absolute Gasteiger partial charge is 0.493 e. The number of methoxy groups -OCH3 is 2. The van der Waals surface area contributed by atoms with Crippen LogP contribution in [0.3, 0.4) is 0 Å². The zero-order valence-corrected chi connectivity index (χ0v) is 16.1. The first-order chi connectivity index (χ1) is 11.8. The van der Waals surface area contributed by atoms with Crippen molar-refractivity contribution >= 4 is 10.0 Å². The van der Waals surface area contributed by atoms with Gasteiger partial charge in [0.25, 0.3) is 0 Å². The summed E-state index contributed by atoms with van der Waals surface area (Å²) in [5, 5.41) is 4.45. The lowest BCUT2D eigenvalue weighted by Crippen LogP contribution is -2.26. The highest BCUT2D eigenvalue weighted by atomic mass is 32.2. The Labute approximate surface area is 149 Å². The molecular formula is C17H25N3O4S. The van der Waals surface area contributed by atoms with Crippen molar-refractivity contribution < 1.29 is 17.9 Å². The molecular weight excluding hydrogens is 342 g/mol. The highest BCUT2D eigenvalue weighted by molar-refractivity contribution is 7.89. The van der Waals surface area contributed by atoms with Crippen LogP contribution in [0.15, 0.2) is 23.1 Å². The summed E-state index contributed by atoms with van der Waals surface area (Å²) < 4.78 is 39.8. The van der Waals surface area contributed by atoms with Crippen molar-refractivity contribution in [3.63, 3.8) is 0 Å². The number of rotatable bonds is 8. The fourth-order valence-electron chi connectivity index (χ4n) is 2.78. The Morgan fingerprint density at radius 2 is 1.84 bits per heavy atom. The monoisotopic (exact) mass is 367 g/mol. The van der Waals surface area contributed by atoms with Crippen LogP contribution < -0.4 is 14.2 Å². The lowest BCUT2D eigenvalue weighted by molar-refractivity contribution is 0.354. The lowest BCUT2D eigenvalue weighted by Gasteiger charge is -2.11. The zero-order chi connectivity index (χ0) is 18.6. The Balaban J connectivity index is 2.11. The first kappa shape index (κ1) is 19.3. The predicted molar refractivity (Wildman–Crippen MR) is 95.8 cm³/mol. The van der Waals surface area contributed by atoms with Gasteiger partial charge in [-0.3, -0.25) is 4.68 Å². The molecule has 0 saturated heterocycles. The van der Waals surface area contributed by atoms with Gasteiger partial charge in [-0.1, -0.05) is 0 Å². The van der Waals surface area contributed by atoms with E-state index in [0.717, 1.165) is 23.5 Å². The predicted octanol–water partition coefficient (Wildman–Crippen LogP) is 2.06. The van der Waals surface area contributed by atoms with Crippen molar-refractivity contribution in [2.45, 2.75) is 38.6 Å². The fourth-order valence-corrected chi connectivity index (χ4v) is 3.83. The van der Waals surface area contributed by atoms with E-state index in [0.29, 0.717) is 24.5 Å². The van der Waals surface area contributed by atoms with Crippen LogP contribution >= 0.6 is 0 Å². The van der Waals surface area contributed by atoms with Crippen LogP contribution in [0.1, 0.15) is 23.9 Å². The minimum absolute atomic E-state index is 0.142. The number of nitrogens with zero attached hydrogens (tertiary/aromatic N) is 2. The standard InChI is InChI=1S/C17H25N3O4S/c1-6-20-13(3)15(12(2)19-20)9-10-18-25(21,22)14-7-8-16(23-4)17(11-14)24-5/h7-8,11,18H,6,9-10H2,1-5H3. The van der Waals surface area contributed by atoms with Crippen molar-refractivity contribution in [1.29, 1.82) is 0 Å². The normalized spacial score (nSPS) is 11.6. The van der Waals surface area contributed by atoms with Crippen LogP contribution in [-0.4, -0.2) is 39.0 Å². The second kappa shape index (κ2) is 7.88. The topological polar surface area (TPSA) is 82.5 Å². The van der Waals surface area contributed by atoms with Gasteiger partial charge >= 0.3 is 0 Å². The third-order valence-corrected chi connectivity index (χ3v) is 5.62. The SMILES string of the molecule is CCn1nc(C)c(CCNS(=O)(=O)c2ccc(OC)c(OC)c2)c1C. The molecule has 0 bridgehead atoms. The number of ether oxygens (including phenoxy) is 2. The van der Waals surface area contributed by atoms with Gasteiger partial charge in [0.15, 0.2) is 11.5 Å². The molecule has 0 saturated carbocycles. The van der Waals surface area contributed by atoms with Crippen molar-refractivity contribution in [3.05, 3.63) is 35.2 Å². The van der Waals surface area contributed by atoms with Crippen LogP contribution in [0, 0.1) is 13.8 Å². The van der Waals surface area contributed by atoms with Gasteiger partial charge in [-0.25, -0.2) is 13.1 Å². The maximum atomic E-state index is 12.5. The third kappa shape index (κ3) is 4.13. The summed E-state index contributed by atoms with van der Waals surface area (Å²) in [7, 11) is -0.649. The van der Waals surface area contributed by atoms with E-state index in [4.69, 9.17) is 9.47 Å². The third-order valence-electron chi connectivity index (χ3n) is 4.16. The van der Waals surface area contributed by atoms with E-state index in [9.17, 15) is 8.42 Å². The average Bonchev–Trinajstić information content (AvgIpc) is 2.88. The summed E-state index contributed by atoms with van der Waals surface area (Å²) in [5.74, 6) is 0.862. The van der Waals surface area contributed by atoms with E-state index in [1.54, 1.807) is 6.07 Å². The molecule has 0 unspecified atom stereocenters. The van der Waals surface area contributed by atoms with Gasteiger partial charge in [0.05, 0.1) is 24.8 Å². The van der Waals surface area contributed by atoms with Gasteiger partial charge in [0, 0.05) is 24.8 Å². The Morgan fingerprint density at radius 3 is 2.40 bits per heavy atom. The van der Waals surface area contributed by atoms with Crippen molar-refractivity contribution in [3.8, 4) is 11.5 Å². The smallest absolute Gasteiger partial charge is 0.240 e. The quantitative estimate of drug-likeness (QED) is 0.772. The van der Waals surface area contributed by atoms with E-state index in [2.05, 4.69) is 9.82 Å². The van der Waals surface area contributed by atoms with Gasteiger partial charge in [0.2, 0.25) is 10.0 Å². The molecule has 0 aliphatic rings. The Hall–Kier alpha value is -2.06. The highest BCUT2D eigenvalue weighted by Crippen LogP contribution is 2.29. The number of hydrogen-bond donors (Lipinski definition) is 1. The molecule has 0 fully saturated rings. The summed E-state index contributed by atoms with van der Waals surface area (Å²) in [5.41, 5.74) is 3.09. The second-order valence-corrected chi connectivity index (χ2v) is 7.40. The summed E-state index contributed by atoms with van der Waals surface area (Å²) in [6.45, 7) is 7.07. The molecule has 0 amide bonds. The maximum Gasteiger partial charge on any atom is 0.240 e. The minimum Gasteiger partial charge on any atom is -0.493 e. The van der Waals surface area contributed by atoms with Gasteiger partial charge in [0.1, 0.15) is 0 Å². The van der Waals surface area contributed by atoms with Crippen LogP contribution in [0.25, 0.3) is 0 Å². The summed E-state index contributed by atoms with van der Waals surface area (Å²) in [6, 6.07) is 4.52. The number of hydrogen-bond acceptors (Lipinski definition) is 5. The van der Waals surface area contributed by atoms with Crippen molar-refractivity contribution in [2.24, 2.45) is 0 Å². The molecule has 2 rings (SSSR count). The van der Waals surface area contributed by atoms with Crippen LogP contribution in [-0.2, 0) is 23.0 Å². The van der Waals surface area contributed by atoms with Gasteiger partial charge in [-0.15, -0.1) is 0 Å².